The standard InChI is InChI=1S/C8H17N3O/c1-7(9-2)5-11-4-3-10-8(12)6-11/h7,9H,3-6H2,1-2H3,(H,10,12). The monoisotopic (exact) mass is 171 g/mol. The first-order chi connectivity index (χ1) is 5.72. The third kappa shape index (κ3) is 2.79. The Morgan fingerprint density at radius 3 is 3.08 bits per heavy atom. The second kappa shape index (κ2) is 4.42. The van der Waals surface area contributed by atoms with Gasteiger partial charge in [-0.25, -0.2) is 0 Å². The zero-order chi connectivity index (χ0) is 8.97. The van der Waals surface area contributed by atoms with Crippen molar-refractivity contribution in [1.29, 1.82) is 0 Å². The molecule has 12 heavy (non-hydrogen) atoms. The van der Waals surface area contributed by atoms with Crippen LogP contribution in [0.1, 0.15) is 6.92 Å². The molecular weight excluding hydrogens is 154 g/mol. The van der Waals surface area contributed by atoms with E-state index in [2.05, 4.69) is 22.5 Å². The summed E-state index contributed by atoms with van der Waals surface area (Å²) in [6, 6.07) is 0.455. The van der Waals surface area contributed by atoms with Gasteiger partial charge in [0.25, 0.3) is 0 Å². The van der Waals surface area contributed by atoms with Gasteiger partial charge in [0, 0.05) is 25.7 Å². The van der Waals surface area contributed by atoms with Gasteiger partial charge in [-0.2, -0.15) is 0 Å². The number of carbonyl (C=O) groups is 1. The van der Waals surface area contributed by atoms with Gasteiger partial charge in [0.15, 0.2) is 0 Å². The fraction of sp³-hybridized carbons (Fsp3) is 0.875. The van der Waals surface area contributed by atoms with Gasteiger partial charge in [-0.15, -0.1) is 0 Å². The summed E-state index contributed by atoms with van der Waals surface area (Å²) in [7, 11) is 1.94. The molecule has 1 fully saturated rings. The maximum atomic E-state index is 11.0. The van der Waals surface area contributed by atoms with Crippen molar-refractivity contribution in [1.82, 2.24) is 15.5 Å². The maximum Gasteiger partial charge on any atom is 0.234 e. The number of carbonyl (C=O) groups excluding carboxylic acids is 1. The molecule has 1 atom stereocenters. The van der Waals surface area contributed by atoms with E-state index in [9.17, 15) is 4.79 Å². The SMILES string of the molecule is CNC(C)CN1CCNC(=O)C1. The van der Waals surface area contributed by atoms with Crippen molar-refractivity contribution in [3.05, 3.63) is 0 Å². The normalized spacial score (nSPS) is 22.0. The van der Waals surface area contributed by atoms with Crippen LogP contribution >= 0.6 is 0 Å². The van der Waals surface area contributed by atoms with Gasteiger partial charge in [-0.3, -0.25) is 9.69 Å². The highest BCUT2D eigenvalue weighted by Crippen LogP contribution is 1.94. The zero-order valence-corrected chi connectivity index (χ0v) is 7.76. The van der Waals surface area contributed by atoms with Gasteiger partial charge in [-0.1, -0.05) is 0 Å². The largest absolute Gasteiger partial charge is 0.354 e. The van der Waals surface area contributed by atoms with E-state index in [1.165, 1.54) is 0 Å². The molecule has 0 aromatic rings. The highest BCUT2D eigenvalue weighted by Gasteiger charge is 2.16. The van der Waals surface area contributed by atoms with Crippen LogP contribution in [0.3, 0.4) is 0 Å². The van der Waals surface area contributed by atoms with Crippen LogP contribution in [0.15, 0.2) is 0 Å². The van der Waals surface area contributed by atoms with Crippen LogP contribution < -0.4 is 10.6 Å². The molecule has 0 saturated carbocycles. The maximum absolute atomic E-state index is 11.0. The Hall–Kier alpha value is -0.610. The molecule has 0 radical (unpaired) electrons. The van der Waals surface area contributed by atoms with Gasteiger partial charge >= 0.3 is 0 Å². The topological polar surface area (TPSA) is 44.4 Å². The van der Waals surface area contributed by atoms with Gasteiger partial charge in [0.1, 0.15) is 0 Å². The minimum atomic E-state index is 0.143. The number of rotatable bonds is 3. The zero-order valence-electron chi connectivity index (χ0n) is 7.76. The Labute approximate surface area is 73.3 Å². The van der Waals surface area contributed by atoms with E-state index < -0.39 is 0 Å². The van der Waals surface area contributed by atoms with E-state index in [1.807, 2.05) is 7.05 Å². The molecule has 1 rings (SSSR count). The Balaban J connectivity index is 2.27. The number of piperazine rings is 1. The third-order valence-corrected chi connectivity index (χ3v) is 2.14. The van der Waals surface area contributed by atoms with Crippen LogP contribution in [0.25, 0.3) is 0 Å². The van der Waals surface area contributed by atoms with E-state index in [4.69, 9.17) is 0 Å². The Morgan fingerprint density at radius 2 is 2.50 bits per heavy atom. The lowest BCUT2D eigenvalue weighted by atomic mass is 10.2. The quantitative estimate of drug-likeness (QED) is 0.574. The summed E-state index contributed by atoms with van der Waals surface area (Å²) in [6.07, 6.45) is 0. The first kappa shape index (κ1) is 9.48. The van der Waals surface area contributed by atoms with E-state index >= 15 is 0 Å². The molecule has 0 bridgehead atoms. The van der Waals surface area contributed by atoms with E-state index in [0.29, 0.717) is 12.6 Å². The van der Waals surface area contributed by atoms with Crippen molar-refractivity contribution in [2.24, 2.45) is 0 Å². The van der Waals surface area contributed by atoms with Crippen molar-refractivity contribution in [3.63, 3.8) is 0 Å². The molecule has 2 N–H and O–H groups in total. The summed E-state index contributed by atoms with van der Waals surface area (Å²) >= 11 is 0. The lowest BCUT2D eigenvalue weighted by Gasteiger charge is -2.28. The molecule has 1 aliphatic heterocycles. The molecule has 1 unspecified atom stereocenters. The average molecular weight is 171 g/mol. The van der Waals surface area contributed by atoms with E-state index in [0.717, 1.165) is 19.6 Å². The molecule has 0 spiro atoms. The summed E-state index contributed by atoms with van der Waals surface area (Å²) in [5, 5.41) is 5.96. The second-order valence-corrected chi connectivity index (χ2v) is 3.27. The molecule has 1 aliphatic rings. The molecule has 0 aliphatic carbocycles. The van der Waals surface area contributed by atoms with Crippen LogP contribution in [0.5, 0.6) is 0 Å². The van der Waals surface area contributed by atoms with Crippen LogP contribution in [-0.4, -0.2) is 50.1 Å². The Bertz CT molecular complexity index is 160. The van der Waals surface area contributed by atoms with Crippen LogP contribution in [-0.2, 0) is 4.79 Å². The molecule has 4 heteroatoms. The highest BCUT2D eigenvalue weighted by molar-refractivity contribution is 5.78. The van der Waals surface area contributed by atoms with Crippen molar-refractivity contribution in [2.75, 3.05) is 33.2 Å². The van der Waals surface area contributed by atoms with Crippen molar-refractivity contribution < 1.29 is 4.79 Å². The Morgan fingerprint density at radius 1 is 1.75 bits per heavy atom. The van der Waals surface area contributed by atoms with E-state index in [1.54, 1.807) is 0 Å². The lowest BCUT2D eigenvalue weighted by molar-refractivity contribution is -0.124. The number of nitrogens with zero attached hydrogens (tertiary/aromatic N) is 1. The fourth-order valence-electron chi connectivity index (χ4n) is 1.33. The molecule has 1 saturated heterocycles. The van der Waals surface area contributed by atoms with Crippen LogP contribution in [0.4, 0.5) is 0 Å². The summed E-state index contributed by atoms with van der Waals surface area (Å²) in [6.45, 7) is 5.37. The van der Waals surface area contributed by atoms with Crippen molar-refractivity contribution in [2.45, 2.75) is 13.0 Å². The second-order valence-electron chi connectivity index (χ2n) is 3.27. The van der Waals surface area contributed by atoms with Crippen LogP contribution in [0, 0.1) is 0 Å². The van der Waals surface area contributed by atoms with Gasteiger partial charge in [0.05, 0.1) is 6.54 Å². The number of nitrogens with one attached hydrogen (secondary N) is 2. The predicted molar refractivity (Wildman–Crippen MR) is 48.0 cm³/mol. The molecule has 1 heterocycles. The average Bonchev–Trinajstić information content (AvgIpc) is 2.04. The molecule has 0 aromatic carbocycles. The van der Waals surface area contributed by atoms with E-state index in [-0.39, 0.29) is 5.91 Å². The fourth-order valence-corrected chi connectivity index (χ4v) is 1.33. The summed E-state index contributed by atoms with van der Waals surface area (Å²) < 4.78 is 0. The third-order valence-electron chi connectivity index (χ3n) is 2.14. The first-order valence-electron chi connectivity index (χ1n) is 4.38. The molecule has 70 valence electrons. The minimum absolute atomic E-state index is 0.143. The van der Waals surface area contributed by atoms with Crippen molar-refractivity contribution in [3.8, 4) is 0 Å². The molecule has 1 amide bonds. The Kier molecular flexibility index (Phi) is 3.49. The number of amides is 1. The number of likely N-dealkylation sites (N-methyl/N-ethyl adjacent to an activating group) is 1. The number of hydrogen-bond donors (Lipinski definition) is 2. The lowest BCUT2D eigenvalue weighted by Crippen LogP contribution is -2.50. The summed E-state index contributed by atoms with van der Waals surface area (Å²) in [4.78, 5) is 13.1. The van der Waals surface area contributed by atoms with Crippen LogP contribution in [0.2, 0.25) is 0 Å². The predicted octanol–water partition coefficient (Wildman–Crippen LogP) is -0.974. The summed E-state index contributed by atoms with van der Waals surface area (Å²) in [5.74, 6) is 0.143. The van der Waals surface area contributed by atoms with Gasteiger partial charge < -0.3 is 10.6 Å². The first-order valence-corrected chi connectivity index (χ1v) is 4.38. The van der Waals surface area contributed by atoms with Crippen molar-refractivity contribution >= 4 is 5.91 Å². The summed E-state index contributed by atoms with van der Waals surface area (Å²) in [5.41, 5.74) is 0. The minimum Gasteiger partial charge on any atom is -0.354 e. The van der Waals surface area contributed by atoms with Gasteiger partial charge in [0.2, 0.25) is 5.91 Å². The number of hydrogen-bond acceptors (Lipinski definition) is 3. The smallest absolute Gasteiger partial charge is 0.234 e. The molecule has 0 aromatic heterocycles. The molecular formula is C8H17N3O. The molecule has 4 nitrogen and oxygen atoms in total. The highest BCUT2D eigenvalue weighted by atomic mass is 16.2. The van der Waals surface area contributed by atoms with Gasteiger partial charge in [-0.05, 0) is 14.0 Å².